The highest BCUT2D eigenvalue weighted by molar-refractivity contribution is 5.69. The van der Waals surface area contributed by atoms with Gasteiger partial charge in [0.2, 0.25) is 0 Å². The van der Waals surface area contributed by atoms with Crippen LogP contribution in [0.5, 0.6) is 0 Å². The van der Waals surface area contributed by atoms with Crippen LogP contribution in [0.1, 0.15) is 12.6 Å². The van der Waals surface area contributed by atoms with E-state index in [1.165, 1.54) is 13.0 Å². The van der Waals surface area contributed by atoms with Gasteiger partial charge < -0.3 is 5.11 Å². The van der Waals surface area contributed by atoms with Crippen LogP contribution in [-0.2, 0) is 0 Å². The van der Waals surface area contributed by atoms with Gasteiger partial charge in [-0.05, 0) is 6.92 Å². The lowest BCUT2D eigenvalue weighted by Crippen LogP contribution is -2.14. The molecular formula is C12H11N3O2. The molecule has 1 aromatic heterocycles. The van der Waals surface area contributed by atoms with Gasteiger partial charge in [-0.25, -0.2) is 9.89 Å². The third kappa shape index (κ3) is 2.57. The molecule has 17 heavy (non-hydrogen) atoms. The molecule has 0 bridgehead atoms. The van der Waals surface area contributed by atoms with Crippen LogP contribution in [-0.4, -0.2) is 20.3 Å². The Hall–Kier alpha value is -2.43. The fourth-order valence-corrected chi connectivity index (χ4v) is 1.46. The second-order valence-corrected chi connectivity index (χ2v) is 3.53. The molecule has 2 aromatic rings. The fourth-order valence-electron chi connectivity index (χ4n) is 1.46. The largest absolute Gasteiger partial charge is 0.513 e. The van der Waals surface area contributed by atoms with Gasteiger partial charge in [0.15, 0.2) is 0 Å². The van der Waals surface area contributed by atoms with Crippen molar-refractivity contribution in [2.24, 2.45) is 0 Å². The maximum absolute atomic E-state index is 11.1. The van der Waals surface area contributed by atoms with Crippen LogP contribution in [0.4, 0.5) is 0 Å². The summed E-state index contributed by atoms with van der Waals surface area (Å²) in [5.74, 6) is 0.0714. The van der Waals surface area contributed by atoms with Crippen molar-refractivity contribution in [2.75, 3.05) is 0 Å². The summed E-state index contributed by atoms with van der Waals surface area (Å²) in [4.78, 5) is 14.9. The topological polar surface area (TPSA) is 78.9 Å². The minimum atomic E-state index is -0.544. The van der Waals surface area contributed by atoms with E-state index in [4.69, 9.17) is 0 Å². The van der Waals surface area contributed by atoms with Crippen molar-refractivity contribution in [1.29, 1.82) is 0 Å². The molecular weight excluding hydrogens is 218 g/mol. The van der Waals surface area contributed by atoms with Crippen molar-refractivity contribution < 1.29 is 5.11 Å². The Kier molecular flexibility index (Phi) is 3.00. The summed E-state index contributed by atoms with van der Waals surface area (Å²) in [7, 11) is 0. The van der Waals surface area contributed by atoms with Crippen LogP contribution in [0.15, 0.2) is 40.9 Å². The number of rotatable bonds is 2. The van der Waals surface area contributed by atoms with Crippen molar-refractivity contribution >= 4 is 6.08 Å². The van der Waals surface area contributed by atoms with E-state index in [9.17, 15) is 9.90 Å². The molecule has 0 unspecified atom stereocenters. The first-order valence-electron chi connectivity index (χ1n) is 5.06. The molecule has 0 radical (unpaired) electrons. The second-order valence-electron chi connectivity index (χ2n) is 3.53. The Labute approximate surface area is 97.5 Å². The zero-order valence-electron chi connectivity index (χ0n) is 9.21. The van der Waals surface area contributed by atoms with Gasteiger partial charge in [0.05, 0.1) is 5.76 Å². The van der Waals surface area contributed by atoms with Crippen LogP contribution in [0, 0.1) is 0 Å². The van der Waals surface area contributed by atoms with Crippen LogP contribution in [0.25, 0.3) is 17.3 Å². The molecule has 5 heteroatoms. The van der Waals surface area contributed by atoms with Gasteiger partial charge in [-0.3, -0.25) is 0 Å². The van der Waals surface area contributed by atoms with E-state index in [-0.39, 0.29) is 5.76 Å². The molecule has 0 aliphatic carbocycles. The van der Waals surface area contributed by atoms with Crippen LogP contribution >= 0.6 is 0 Å². The summed E-state index contributed by atoms with van der Waals surface area (Å²) < 4.78 is 0. The Balaban J connectivity index is 2.62. The molecule has 1 heterocycles. The third-order valence-corrected chi connectivity index (χ3v) is 2.12. The number of nitrogens with zero attached hydrogens (tertiary/aromatic N) is 2. The monoisotopic (exact) mass is 229 g/mol. The van der Waals surface area contributed by atoms with Crippen molar-refractivity contribution in [3.63, 3.8) is 0 Å². The summed E-state index contributed by atoms with van der Waals surface area (Å²) in [6.45, 7) is 1.51. The number of allylic oxidation sites excluding steroid dienone is 1. The quantitative estimate of drug-likeness (QED) is 0.769. The lowest BCUT2D eigenvalue weighted by Gasteiger charge is -2.02. The zero-order chi connectivity index (χ0) is 12.3. The molecule has 0 amide bonds. The third-order valence-electron chi connectivity index (χ3n) is 2.12. The van der Waals surface area contributed by atoms with E-state index in [0.717, 1.165) is 5.56 Å². The Bertz CT molecular complexity index is 599. The Morgan fingerprint density at radius 1 is 1.35 bits per heavy atom. The highest BCUT2D eigenvalue weighted by Crippen LogP contribution is 2.19. The number of aromatic nitrogens is 3. The van der Waals surface area contributed by atoms with E-state index in [1.807, 2.05) is 30.3 Å². The Morgan fingerprint density at radius 3 is 2.71 bits per heavy atom. The maximum Gasteiger partial charge on any atom is 0.361 e. The molecule has 0 atom stereocenters. The molecule has 0 spiro atoms. The van der Waals surface area contributed by atoms with Crippen molar-refractivity contribution in [2.45, 2.75) is 6.92 Å². The van der Waals surface area contributed by atoms with Gasteiger partial charge in [-0.15, -0.1) is 0 Å². The smallest absolute Gasteiger partial charge is 0.361 e. The van der Waals surface area contributed by atoms with E-state index in [0.29, 0.717) is 11.4 Å². The number of aliphatic hydroxyl groups is 1. The first kappa shape index (κ1) is 11.1. The normalized spacial score (nSPS) is 11.5. The predicted molar refractivity (Wildman–Crippen MR) is 64.4 cm³/mol. The fraction of sp³-hybridized carbons (Fsp3) is 0.0833. The highest BCUT2D eigenvalue weighted by Gasteiger charge is 2.07. The van der Waals surface area contributed by atoms with Gasteiger partial charge in [0.25, 0.3) is 0 Å². The van der Waals surface area contributed by atoms with Crippen molar-refractivity contribution in [3.8, 4) is 11.3 Å². The lowest BCUT2D eigenvalue weighted by atomic mass is 10.1. The molecule has 0 aliphatic heterocycles. The molecule has 0 saturated heterocycles. The molecule has 1 aromatic carbocycles. The SMILES string of the molecule is C/C(O)=C/c1nc(=O)[nH]nc1-c1ccccc1. The maximum atomic E-state index is 11.1. The lowest BCUT2D eigenvalue weighted by molar-refractivity contribution is 0.419. The van der Waals surface area contributed by atoms with Gasteiger partial charge in [0, 0.05) is 11.6 Å². The molecule has 2 N–H and O–H groups in total. The number of benzene rings is 1. The second kappa shape index (κ2) is 4.61. The number of hydrogen-bond acceptors (Lipinski definition) is 4. The number of hydrogen-bond donors (Lipinski definition) is 2. The average Bonchev–Trinajstić information content (AvgIpc) is 2.29. The number of H-pyrrole nitrogens is 1. The summed E-state index contributed by atoms with van der Waals surface area (Å²) in [6.07, 6.45) is 1.41. The molecule has 0 saturated carbocycles. The zero-order valence-corrected chi connectivity index (χ0v) is 9.21. The van der Waals surface area contributed by atoms with Gasteiger partial charge in [0.1, 0.15) is 11.4 Å². The molecule has 2 rings (SSSR count). The predicted octanol–water partition coefficient (Wildman–Crippen LogP) is 1.75. The first-order valence-corrected chi connectivity index (χ1v) is 5.06. The first-order chi connectivity index (χ1) is 8.16. The minimum Gasteiger partial charge on any atom is -0.513 e. The summed E-state index contributed by atoms with van der Waals surface area (Å²) in [5, 5.41) is 15.5. The van der Waals surface area contributed by atoms with Gasteiger partial charge in [-0.2, -0.15) is 10.1 Å². The van der Waals surface area contributed by atoms with E-state index in [1.54, 1.807) is 0 Å². The molecule has 0 fully saturated rings. The van der Waals surface area contributed by atoms with Crippen molar-refractivity contribution in [1.82, 2.24) is 15.2 Å². The van der Waals surface area contributed by atoms with Crippen molar-refractivity contribution in [3.05, 3.63) is 52.3 Å². The van der Waals surface area contributed by atoms with Crippen LogP contribution < -0.4 is 5.69 Å². The molecule has 5 nitrogen and oxygen atoms in total. The van der Waals surface area contributed by atoms with Gasteiger partial charge >= 0.3 is 5.69 Å². The van der Waals surface area contributed by atoms with Crippen LogP contribution in [0.2, 0.25) is 0 Å². The van der Waals surface area contributed by atoms with Gasteiger partial charge in [-0.1, -0.05) is 30.3 Å². The minimum absolute atomic E-state index is 0.0714. The molecule has 0 aliphatic rings. The summed E-state index contributed by atoms with van der Waals surface area (Å²) >= 11 is 0. The Morgan fingerprint density at radius 2 is 2.06 bits per heavy atom. The van der Waals surface area contributed by atoms with E-state index >= 15 is 0 Å². The summed E-state index contributed by atoms with van der Waals surface area (Å²) in [5.41, 5.74) is 1.15. The van der Waals surface area contributed by atoms with E-state index in [2.05, 4.69) is 15.2 Å². The summed E-state index contributed by atoms with van der Waals surface area (Å²) in [6, 6.07) is 9.32. The number of nitrogens with one attached hydrogen (secondary N) is 1. The average molecular weight is 229 g/mol. The number of aliphatic hydroxyl groups excluding tert-OH is 1. The number of aromatic amines is 1. The molecule has 86 valence electrons. The standard InChI is InChI=1S/C12H11N3O2/c1-8(16)7-10-11(14-15-12(17)13-10)9-5-3-2-4-6-9/h2-7,16H,1H3,(H,13,15,17)/b8-7-. The van der Waals surface area contributed by atoms with E-state index < -0.39 is 5.69 Å². The highest BCUT2D eigenvalue weighted by atomic mass is 16.3. The van der Waals surface area contributed by atoms with Crippen LogP contribution in [0.3, 0.4) is 0 Å².